The summed E-state index contributed by atoms with van der Waals surface area (Å²) in [5, 5.41) is 18.3. The lowest BCUT2D eigenvalue weighted by Gasteiger charge is -2.10. The maximum atomic E-state index is 9.57. The van der Waals surface area contributed by atoms with Crippen LogP contribution >= 0.6 is 0 Å². The zero-order valence-corrected chi connectivity index (χ0v) is 13.2. The van der Waals surface area contributed by atoms with Gasteiger partial charge in [0.15, 0.2) is 0 Å². The number of rotatable bonds is 3. The molecule has 3 aromatic heterocycles. The molecule has 4 aromatic rings. The van der Waals surface area contributed by atoms with Crippen molar-refractivity contribution < 1.29 is 5.11 Å². The Labute approximate surface area is 144 Å². The van der Waals surface area contributed by atoms with E-state index in [0.29, 0.717) is 11.4 Å². The molecule has 1 N–H and O–H groups in total. The van der Waals surface area contributed by atoms with E-state index in [4.69, 9.17) is 0 Å². The van der Waals surface area contributed by atoms with Gasteiger partial charge in [0.1, 0.15) is 17.1 Å². The summed E-state index contributed by atoms with van der Waals surface area (Å²) in [4.78, 5) is 8.73. The largest absolute Gasteiger partial charge is 0.508 e. The molecule has 0 bridgehead atoms. The van der Waals surface area contributed by atoms with E-state index in [1.54, 1.807) is 24.5 Å². The lowest BCUT2D eigenvalue weighted by Crippen LogP contribution is -1.97. The lowest BCUT2D eigenvalue weighted by molar-refractivity contribution is 0.475. The molecule has 3 heterocycles. The molecule has 25 heavy (non-hydrogen) atoms. The van der Waals surface area contributed by atoms with Crippen LogP contribution in [0.5, 0.6) is 5.75 Å². The van der Waals surface area contributed by atoms with Crippen molar-refractivity contribution in [3.05, 3.63) is 79.1 Å². The highest BCUT2D eigenvalue weighted by molar-refractivity contribution is 5.81. The van der Waals surface area contributed by atoms with E-state index in [1.165, 1.54) is 0 Å². The maximum absolute atomic E-state index is 9.57. The lowest BCUT2D eigenvalue weighted by atomic mass is 10.0. The molecule has 0 aliphatic heterocycles. The molecule has 0 aliphatic carbocycles. The van der Waals surface area contributed by atoms with Crippen LogP contribution in [0.1, 0.15) is 0 Å². The van der Waals surface area contributed by atoms with Crippen molar-refractivity contribution in [2.75, 3.05) is 0 Å². The molecular weight excluding hydrogens is 312 g/mol. The molecule has 0 unspecified atom stereocenters. The second-order valence-corrected chi connectivity index (χ2v) is 5.47. The van der Waals surface area contributed by atoms with Crippen LogP contribution in [0.2, 0.25) is 0 Å². The third-order valence-corrected chi connectivity index (χ3v) is 3.81. The van der Waals surface area contributed by atoms with Gasteiger partial charge in [-0.05, 0) is 48.0 Å². The number of hydrogen-bond acceptors (Lipinski definition) is 5. The first-order valence-corrected chi connectivity index (χ1v) is 7.81. The van der Waals surface area contributed by atoms with Crippen molar-refractivity contribution in [2.45, 2.75) is 0 Å². The number of phenols is 1. The molecule has 0 aliphatic rings. The number of aromatic hydroxyl groups is 1. The Morgan fingerprint density at radius 3 is 1.96 bits per heavy atom. The molecule has 0 saturated heterocycles. The molecule has 5 heteroatoms. The summed E-state index contributed by atoms with van der Waals surface area (Å²) in [5.41, 5.74) is 4.67. The smallest absolute Gasteiger partial charge is 0.119 e. The summed E-state index contributed by atoms with van der Waals surface area (Å²) in [5.74, 6) is 0.218. The minimum Gasteiger partial charge on any atom is -0.508 e. The van der Waals surface area contributed by atoms with Crippen molar-refractivity contribution >= 4 is 0 Å². The standard InChI is InChI=1S/C20H14N4O/c25-15-9-7-14(8-10-15)16-13-19(17-5-1-3-11-21-17)23-24-20(16)18-6-2-4-12-22-18/h1-13,25H. The fourth-order valence-electron chi connectivity index (χ4n) is 2.58. The van der Waals surface area contributed by atoms with Crippen molar-refractivity contribution in [1.29, 1.82) is 0 Å². The average Bonchev–Trinajstić information content (AvgIpc) is 2.69. The van der Waals surface area contributed by atoms with Gasteiger partial charge in [0, 0.05) is 18.0 Å². The van der Waals surface area contributed by atoms with Gasteiger partial charge in [0.05, 0.1) is 11.4 Å². The van der Waals surface area contributed by atoms with Gasteiger partial charge in [-0.3, -0.25) is 9.97 Å². The Kier molecular flexibility index (Phi) is 3.88. The first-order valence-electron chi connectivity index (χ1n) is 7.81. The van der Waals surface area contributed by atoms with Crippen LogP contribution in [0.15, 0.2) is 79.1 Å². The highest BCUT2D eigenvalue weighted by Crippen LogP contribution is 2.32. The molecule has 120 valence electrons. The van der Waals surface area contributed by atoms with Crippen molar-refractivity contribution in [3.63, 3.8) is 0 Å². The highest BCUT2D eigenvalue weighted by Gasteiger charge is 2.14. The monoisotopic (exact) mass is 326 g/mol. The van der Waals surface area contributed by atoms with Gasteiger partial charge in [0.2, 0.25) is 0 Å². The molecule has 0 spiro atoms. The Morgan fingerprint density at radius 2 is 1.32 bits per heavy atom. The van der Waals surface area contributed by atoms with Gasteiger partial charge < -0.3 is 5.11 Å². The summed E-state index contributed by atoms with van der Waals surface area (Å²) in [6.07, 6.45) is 3.45. The van der Waals surface area contributed by atoms with Crippen LogP contribution in [-0.4, -0.2) is 25.3 Å². The van der Waals surface area contributed by atoms with Gasteiger partial charge >= 0.3 is 0 Å². The second kappa shape index (κ2) is 6.49. The molecular formula is C20H14N4O. The molecule has 0 fully saturated rings. The quantitative estimate of drug-likeness (QED) is 0.616. The van der Waals surface area contributed by atoms with E-state index in [1.807, 2.05) is 54.6 Å². The molecule has 0 radical (unpaired) electrons. The summed E-state index contributed by atoms with van der Waals surface area (Å²) < 4.78 is 0. The predicted octanol–water partition coefficient (Wildman–Crippen LogP) is 3.97. The maximum Gasteiger partial charge on any atom is 0.119 e. The van der Waals surface area contributed by atoms with E-state index < -0.39 is 0 Å². The molecule has 4 rings (SSSR count). The van der Waals surface area contributed by atoms with Crippen molar-refractivity contribution in [3.8, 4) is 39.7 Å². The number of benzene rings is 1. The Balaban J connectivity index is 1.91. The average molecular weight is 326 g/mol. The van der Waals surface area contributed by atoms with Crippen LogP contribution in [0.4, 0.5) is 0 Å². The summed E-state index contributed by atoms with van der Waals surface area (Å²) in [7, 11) is 0. The van der Waals surface area contributed by atoms with Gasteiger partial charge in [-0.2, -0.15) is 0 Å². The van der Waals surface area contributed by atoms with E-state index in [2.05, 4.69) is 20.2 Å². The molecule has 0 saturated carbocycles. The highest BCUT2D eigenvalue weighted by atomic mass is 16.3. The zero-order chi connectivity index (χ0) is 17.1. The fourth-order valence-corrected chi connectivity index (χ4v) is 2.58. The molecule has 1 aromatic carbocycles. The third-order valence-electron chi connectivity index (χ3n) is 3.81. The van der Waals surface area contributed by atoms with Gasteiger partial charge in [-0.1, -0.05) is 24.3 Å². The zero-order valence-electron chi connectivity index (χ0n) is 13.2. The summed E-state index contributed by atoms with van der Waals surface area (Å²) in [6, 6.07) is 20.3. The first kappa shape index (κ1) is 15.0. The van der Waals surface area contributed by atoms with Gasteiger partial charge in [-0.15, -0.1) is 10.2 Å². The van der Waals surface area contributed by atoms with E-state index in [9.17, 15) is 5.11 Å². The van der Waals surface area contributed by atoms with E-state index in [0.717, 1.165) is 22.5 Å². The minimum atomic E-state index is 0.218. The van der Waals surface area contributed by atoms with Crippen LogP contribution in [0.3, 0.4) is 0 Å². The van der Waals surface area contributed by atoms with Crippen LogP contribution < -0.4 is 0 Å². The second-order valence-electron chi connectivity index (χ2n) is 5.47. The van der Waals surface area contributed by atoms with Crippen molar-refractivity contribution in [1.82, 2.24) is 20.2 Å². The number of aromatic nitrogens is 4. The van der Waals surface area contributed by atoms with Crippen LogP contribution in [0.25, 0.3) is 33.9 Å². The van der Waals surface area contributed by atoms with E-state index >= 15 is 0 Å². The number of hydrogen-bond donors (Lipinski definition) is 1. The molecule has 0 atom stereocenters. The summed E-state index contributed by atoms with van der Waals surface area (Å²) >= 11 is 0. The molecule has 5 nitrogen and oxygen atoms in total. The number of nitrogens with zero attached hydrogens (tertiary/aromatic N) is 4. The predicted molar refractivity (Wildman–Crippen MR) is 95.6 cm³/mol. The Bertz CT molecular complexity index is 987. The SMILES string of the molecule is Oc1ccc(-c2cc(-c3ccccn3)nnc2-c2ccccn2)cc1. The van der Waals surface area contributed by atoms with Crippen LogP contribution in [0, 0.1) is 0 Å². The van der Waals surface area contributed by atoms with Crippen molar-refractivity contribution in [2.24, 2.45) is 0 Å². The number of pyridine rings is 2. The normalized spacial score (nSPS) is 10.6. The molecule has 0 amide bonds. The Hall–Kier alpha value is -3.60. The first-order chi connectivity index (χ1) is 12.3. The Morgan fingerprint density at radius 1 is 0.640 bits per heavy atom. The minimum absolute atomic E-state index is 0.218. The number of phenolic OH excluding ortho intramolecular Hbond substituents is 1. The van der Waals surface area contributed by atoms with E-state index in [-0.39, 0.29) is 5.75 Å². The summed E-state index contributed by atoms with van der Waals surface area (Å²) in [6.45, 7) is 0. The third kappa shape index (κ3) is 3.07. The topological polar surface area (TPSA) is 71.8 Å². The fraction of sp³-hybridized carbons (Fsp3) is 0. The van der Waals surface area contributed by atoms with Gasteiger partial charge in [0.25, 0.3) is 0 Å². The van der Waals surface area contributed by atoms with Gasteiger partial charge in [-0.25, -0.2) is 0 Å². The van der Waals surface area contributed by atoms with Crippen LogP contribution in [-0.2, 0) is 0 Å².